The lowest BCUT2D eigenvalue weighted by Gasteiger charge is -2.38. The first-order chi connectivity index (χ1) is 11.0. The molecule has 0 aromatic carbocycles. The Balaban J connectivity index is 1.66. The van der Waals surface area contributed by atoms with Gasteiger partial charge in [-0.2, -0.15) is 9.61 Å². The second-order valence-electron chi connectivity index (χ2n) is 7.95. The fourth-order valence-electron chi connectivity index (χ4n) is 4.07. The van der Waals surface area contributed by atoms with Crippen LogP contribution in [0.15, 0.2) is 12.3 Å². The lowest BCUT2D eigenvalue weighted by atomic mass is 9.68. The number of aryl methyl sites for hydroxylation is 1. The van der Waals surface area contributed by atoms with Gasteiger partial charge in [0.15, 0.2) is 5.65 Å². The van der Waals surface area contributed by atoms with Gasteiger partial charge < -0.3 is 11.1 Å². The van der Waals surface area contributed by atoms with E-state index in [4.69, 9.17) is 10.7 Å². The molecular weight excluding hydrogens is 286 g/mol. The highest BCUT2D eigenvalue weighted by Gasteiger charge is 2.32. The van der Waals surface area contributed by atoms with E-state index in [1.807, 2.05) is 10.7 Å². The third-order valence-electron chi connectivity index (χ3n) is 5.69. The van der Waals surface area contributed by atoms with Crippen LogP contribution in [0, 0.1) is 12.3 Å². The summed E-state index contributed by atoms with van der Waals surface area (Å²) in [6, 6.07) is 2.98. The number of fused-ring (bicyclic) bond motifs is 1. The quantitative estimate of drug-likeness (QED) is 0.910. The molecule has 0 bridgehead atoms. The van der Waals surface area contributed by atoms with Crippen LogP contribution in [0.4, 0.5) is 5.82 Å². The van der Waals surface area contributed by atoms with Crippen LogP contribution in [0.5, 0.6) is 0 Å². The SMILES string of the molecule is Cc1cnn2c(N[C@H]3CC[C@H](N)C3)cc(CC3(C)CCC3)nc12. The molecule has 3 N–H and O–H groups in total. The van der Waals surface area contributed by atoms with E-state index in [0.717, 1.165) is 42.7 Å². The first-order valence-corrected chi connectivity index (χ1v) is 8.89. The largest absolute Gasteiger partial charge is 0.367 e. The smallest absolute Gasteiger partial charge is 0.160 e. The average molecular weight is 313 g/mol. The van der Waals surface area contributed by atoms with Crippen LogP contribution in [-0.4, -0.2) is 26.7 Å². The van der Waals surface area contributed by atoms with Gasteiger partial charge in [-0.15, -0.1) is 0 Å². The first kappa shape index (κ1) is 14.9. The minimum atomic E-state index is 0.331. The molecule has 5 nitrogen and oxygen atoms in total. The zero-order chi connectivity index (χ0) is 16.0. The zero-order valence-corrected chi connectivity index (χ0v) is 14.2. The summed E-state index contributed by atoms with van der Waals surface area (Å²) >= 11 is 0. The molecule has 2 aromatic rings. The van der Waals surface area contributed by atoms with Crippen molar-refractivity contribution in [2.75, 3.05) is 5.32 Å². The van der Waals surface area contributed by atoms with Gasteiger partial charge in [-0.25, -0.2) is 4.98 Å². The van der Waals surface area contributed by atoms with Crippen molar-refractivity contribution in [1.82, 2.24) is 14.6 Å². The summed E-state index contributed by atoms with van der Waals surface area (Å²) in [7, 11) is 0. The molecule has 2 atom stereocenters. The molecule has 0 radical (unpaired) electrons. The maximum absolute atomic E-state index is 6.06. The Morgan fingerprint density at radius 3 is 2.87 bits per heavy atom. The van der Waals surface area contributed by atoms with Crippen molar-refractivity contribution in [3.8, 4) is 0 Å². The lowest BCUT2D eigenvalue weighted by Crippen LogP contribution is -2.28. The summed E-state index contributed by atoms with van der Waals surface area (Å²) in [4.78, 5) is 4.89. The molecule has 2 fully saturated rings. The fourth-order valence-corrected chi connectivity index (χ4v) is 4.07. The molecule has 2 saturated carbocycles. The van der Waals surface area contributed by atoms with Gasteiger partial charge in [-0.3, -0.25) is 0 Å². The standard InChI is InChI=1S/C18H27N5/c1-12-11-20-23-16(21-14-5-4-13(19)8-14)9-15(22-17(12)23)10-18(2)6-3-7-18/h9,11,13-14,21H,3-8,10,19H2,1-2H3/t13-,14-/m0/s1. The van der Waals surface area contributed by atoms with Gasteiger partial charge in [0.05, 0.1) is 6.20 Å². The Labute approximate surface area is 137 Å². The van der Waals surface area contributed by atoms with Gasteiger partial charge in [-0.05, 0) is 50.9 Å². The van der Waals surface area contributed by atoms with E-state index < -0.39 is 0 Å². The highest BCUT2D eigenvalue weighted by Crippen LogP contribution is 2.43. The van der Waals surface area contributed by atoms with Crippen molar-refractivity contribution in [2.24, 2.45) is 11.1 Å². The van der Waals surface area contributed by atoms with Gasteiger partial charge in [0.25, 0.3) is 0 Å². The Morgan fingerprint density at radius 2 is 2.22 bits per heavy atom. The van der Waals surface area contributed by atoms with Crippen molar-refractivity contribution in [3.05, 3.63) is 23.5 Å². The third-order valence-corrected chi connectivity index (χ3v) is 5.69. The molecule has 2 aliphatic rings. The van der Waals surface area contributed by atoms with Crippen LogP contribution >= 0.6 is 0 Å². The van der Waals surface area contributed by atoms with Crippen LogP contribution < -0.4 is 11.1 Å². The molecule has 0 unspecified atom stereocenters. The van der Waals surface area contributed by atoms with Crippen molar-refractivity contribution in [3.63, 3.8) is 0 Å². The highest BCUT2D eigenvalue weighted by molar-refractivity contribution is 5.54. The number of nitrogens with zero attached hydrogens (tertiary/aromatic N) is 3. The number of hydrogen-bond donors (Lipinski definition) is 2. The molecule has 124 valence electrons. The first-order valence-electron chi connectivity index (χ1n) is 8.89. The van der Waals surface area contributed by atoms with Crippen molar-refractivity contribution < 1.29 is 0 Å². The molecule has 0 amide bonds. The monoisotopic (exact) mass is 313 g/mol. The number of hydrogen-bond acceptors (Lipinski definition) is 4. The van der Waals surface area contributed by atoms with Gasteiger partial charge in [-0.1, -0.05) is 13.3 Å². The predicted octanol–water partition coefficient (Wildman–Crippen LogP) is 3.06. The van der Waals surface area contributed by atoms with Crippen LogP contribution in [0.3, 0.4) is 0 Å². The van der Waals surface area contributed by atoms with Crippen LogP contribution in [-0.2, 0) is 6.42 Å². The summed E-state index contributed by atoms with van der Waals surface area (Å²) in [5.41, 5.74) is 9.80. The Bertz CT molecular complexity index is 716. The van der Waals surface area contributed by atoms with E-state index in [-0.39, 0.29) is 0 Å². The van der Waals surface area contributed by atoms with E-state index in [1.54, 1.807) is 0 Å². The van der Waals surface area contributed by atoms with E-state index in [1.165, 1.54) is 25.0 Å². The van der Waals surface area contributed by atoms with E-state index >= 15 is 0 Å². The van der Waals surface area contributed by atoms with Crippen LogP contribution in [0.2, 0.25) is 0 Å². The summed E-state index contributed by atoms with van der Waals surface area (Å²) in [5.74, 6) is 1.07. The molecule has 0 spiro atoms. The molecular formula is C18H27N5. The maximum atomic E-state index is 6.06. The molecule has 4 rings (SSSR count). The Kier molecular flexibility index (Phi) is 3.56. The number of nitrogens with two attached hydrogens (primary N) is 1. The Hall–Kier alpha value is -1.62. The minimum absolute atomic E-state index is 0.331. The van der Waals surface area contributed by atoms with Gasteiger partial charge >= 0.3 is 0 Å². The maximum Gasteiger partial charge on any atom is 0.160 e. The van der Waals surface area contributed by atoms with E-state index in [0.29, 0.717) is 17.5 Å². The minimum Gasteiger partial charge on any atom is -0.367 e. The fraction of sp³-hybridized carbons (Fsp3) is 0.667. The third kappa shape index (κ3) is 2.82. The lowest BCUT2D eigenvalue weighted by molar-refractivity contribution is 0.159. The summed E-state index contributed by atoms with van der Waals surface area (Å²) in [6.45, 7) is 4.47. The second kappa shape index (κ2) is 5.48. The molecule has 5 heteroatoms. The zero-order valence-electron chi connectivity index (χ0n) is 14.2. The van der Waals surface area contributed by atoms with Crippen molar-refractivity contribution in [2.45, 2.75) is 70.9 Å². The highest BCUT2D eigenvalue weighted by atomic mass is 15.3. The van der Waals surface area contributed by atoms with Crippen LogP contribution in [0.1, 0.15) is 56.7 Å². The van der Waals surface area contributed by atoms with Crippen LogP contribution in [0.25, 0.3) is 5.65 Å². The van der Waals surface area contributed by atoms with Crippen molar-refractivity contribution in [1.29, 1.82) is 0 Å². The molecule has 23 heavy (non-hydrogen) atoms. The van der Waals surface area contributed by atoms with E-state index in [2.05, 4.69) is 30.3 Å². The Morgan fingerprint density at radius 1 is 1.39 bits per heavy atom. The average Bonchev–Trinajstić information content (AvgIpc) is 3.04. The second-order valence-corrected chi connectivity index (χ2v) is 7.95. The number of rotatable bonds is 4. The molecule has 0 aliphatic heterocycles. The van der Waals surface area contributed by atoms with E-state index in [9.17, 15) is 0 Å². The van der Waals surface area contributed by atoms with Gasteiger partial charge in [0, 0.05) is 29.4 Å². The molecule has 0 saturated heterocycles. The van der Waals surface area contributed by atoms with Crippen molar-refractivity contribution >= 4 is 11.5 Å². The molecule has 2 aliphatic carbocycles. The number of nitrogens with one attached hydrogen (secondary N) is 1. The number of aromatic nitrogens is 3. The normalized spacial score (nSPS) is 26.4. The summed E-state index contributed by atoms with van der Waals surface area (Å²) in [6.07, 6.45) is 10.2. The summed E-state index contributed by atoms with van der Waals surface area (Å²) < 4.78 is 1.95. The number of anilines is 1. The van der Waals surface area contributed by atoms with Gasteiger partial charge in [0.2, 0.25) is 0 Å². The molecule has 2 heterocycles. The predicted molar refractivity (Wildman–Crippen MR) is 92.6 cm³/mol. The summed E-state index contributed by atoms with van der Waals surface area (Å²) in [5, 5.41) is 8.18. The van der Waals surface area contributed by atoms with Gasteiger partial charge in [0.1, 0.15) is 5.82 Å². The topological polar surface area (TPSA) is 68.2 Å². The molecule has 2 aromatic heterocycles.